The Morgan fingerprint density at radius 3 is 2.71 bits per heavy atom. The van der Waals surface area contributed by atoms with Crippen LogP contribution in [-0.4, -0.2) is 48.8 Å². The summed E-state index contributed by atoms with van der Waals surface area (Å²) in [5, 5.41) is 10.8. The van der Waals surface area contributed by atoms with Gasteiger partial charge >= 0.3 is 0 Å². The molecule has 0 aromatic carbocycles. The molecule has 3 rings (SSSR count). The Morgan fingerprint density at radius 1 is 1.18 bits per heavy atom. The van der Waals surface area contributed by atoms with Gasteiger partial charge in [-0.2, -0.15) is 0 Å². The summed E-state index contributed by atoms with van der Waals surface area (Å²) in [5.41, 5.74) is -0.777. The molecule has 0 aromatic heterocycles. The highest BCUT2D eigenvalue weighted by molar-refractivity contribution is 5.01. The third-order valence-corrected chi connectivity index (χ3v) is 4.84. The van der Waals surface area contributed by atoms with E-state index in [0.717, 1.165) is 38.9 Å². The fourth-order valence-electron chi connectivity index (χ4n) is 3.60. The van der Waals surface area contributed by atoms with Crippen LogP contribution >= 0.6 is 0 Å². The smallest absolute Gasteiger partial charge is 0.0957 e. The maximum Gasteiger partial charge on any atom is 0.0957 e. The van der Waals surface area contributed by atoms with Crippen molar-refractivity contribution >= 4 is 0 Å². The average Bonchev–Trinajstić information content (AvgIpc) is 2.89. The minimum atomic E-state index is -0.653. The standard InChI is InChI=1S/C13H22O4/c1-10-13(14,4-7-16-10)11-2-5-17-12(8-11)3-6-15-9-12/h10-11,14H,2-9H2,1H3. The number of ether oxygens (including phenoxy) is 3. The minimum Gasteiger partial charge on any atom is -0.387 e. The van der Waals surface area contributed by atoms with Gasteiger partial charge in [0.25, 0.3) is 0 Å². The van der Waals surface area contributed by atoms with Crippen LogP contribution in [0.25, 0.3) is 0 Å². The summed E-state index contributed by atoms with van der Waals surface area (Å²) >= 11 is 0. The zero-order valence-corrected chi connectivity index (χ0v) is 10.5. The van der Waals surface area contributed by atoms with E-state index in [2.05, 4.69) is 0 Å². The van der Waals surface area contributed by atoms with Gasteiger partial charge in [-0.15, -0.1) is 0 Å². The molecule has 0 bridgehead atoms. The minimum absolute atomic E-state index is 0.0510. The van der Waals surface area contributed by atoms with E-state index < -0.39 is 5.60 Å². The maximum absolute atomic E-state index is 10.8. The van der Waals surface area contributed by atoms with E-state index in [0.29, 0.717) is 13.2 Å². The summed E-state index contributed by atoms with van der Waals surface area (Å²) in [6.45, 7) is 4.88. The lowest BCUT2D eigenvalue weighted by atomic mass is 9.72. The SMILES string of the molecule is CC1OCCC1(O)C1CCOC2(CCOC2)C1. The van der Waals surface area contributed by atoms with Gasteiger partial charge in [-0.25, -0.2) is 0 Å². The van der Waals surface area contributed by atoms with Crippen molar-refractivity contribution in [2.45, 2.75) is 49.9 Å². The topological polar surface area (TPSA) is 47.9 Å². The van der Waals surface area contributed by atoms with Gasteiger partial charge in [-0.1, -0.05) is 0 Å². The molecule has 4 heteroatoms. The Kier molecular flexibility index (Phi) is 2.94. The van der Waals surface area contributed by atoms with Gasteiger partial charge in [0.05, 0.1) is 23.9 Å². The molecule has 1 spiro atoms. The van der Waals surface area contributed by atoms with Gasteiger partial charge in [-0.05, 0) is 25.7 Å². The second-order valence-electron chi connectivity index (χ2n) is 5.78. The maximum atomic E-state index is 10.8. The Bertz CT molecular complexity index is 287. The van der Waals surface area contributed by atoms with E-state index in [-0.39, 0.29) is 17.6 Å². The molecule has 3 saturated heterocycles. The Balaban J connectivity index is 1.75. The van der Waals surface area contributed by atoms with E-state index in [1.807, 2.05) is 6.92 Å². The molecule has 3 aliphatic rings. The first-order chi connectivity index (χ1) is 8.15. The fourth-order valence-corrected chi connectivity index (χ4v) is 3.60. The van der Waals surface area contributed by atoms with Crippen LogP contribution in [0.5, 0.6) is 0 Å². The monoisotopic (exact) mass is 242 g/mol. The Labute approximate surface area is 102 Å². The average molecular weight is 242 g/mol. The van der Waals surface area contributed by atoms with Crippen molar-refractivity contribution < 1.29 is 19.3 Å². The van der Waals surface area contributed by atoms with Crippen LogP contribution in [0.3, 0.4) is 0 Å². The van der Waals surface area contributed by atoms with Crippen molar-refractivity contribution in [3.63, 3.8) is 0 Å². The van der Waals surface area contributed by atoms with Crippen LogP contribution < -0.4 is 0 Å². The Hall–Kier alpha value is -0.160. The summed E-state index contributed by atoms with van der Waals surface area (Å²) in [7, 11) is 0. The molecule has 3 aliphatic heterocycles. The van der Waals surface area contributed by atoms with Gasteiger partial charge in [0, 0.05) is 32.7 Å². The van der Waals surface area contributed by atoms with Gasteiger partial charge in [0.15, 0.2) is 0 Å². The molecule has 0 saturated carbocycles. The largest absolute Gasteiger partial charge is 0.387 e. The molecule has 3 heterocycles. The van der Waals surface area contributed by atoms with Crippen LogP contribution in [0.2, 0.25) is 0 Å². The lowest BCUT2D eigenvalue weighted by molar-refractivity contribution is -0.155. The predicted molar refractivity (Wildman–Crippen MR) is 61.8 cm³/mol. The molecule has 98 valence electrons. The van der Waals surface area contributed by atoms with E-state index in [9.17, 15) is 5.11 Å². The first-order valence-corrected chi connectivity index (χ1v) is 6.70. The van der Waals surface area contributed by atoms with E-state index >= 15 is 0 Å². The molecular formula is C13H22O4. The lowest BCUT2D eigenvalue weighted by Crippen LogP contribution is -2.51. The lowest BCUT2D eigenvalue weighted by Gasteiger charge is -2.44. The summed E-state index contributed by atoms with van der Waals surface area (Å²) in [5.74, 6) is 0.287. The van der Waals surface area contributed by atoms with Crippen LogP contribution in [-0.2, 0) is 14.2 Å². The van der Waals surface area contributed by atoms with Gasteiger partial charge in [-0.3, -0.25) is 0 Å². The van der Waals surface area contributed by atoms with E-state index in [1.54, 1.807) is 0 Å². The number of rotatable bonds is 1. The predicted octanol–water partition coefficient (Wildman–Crippen LogP) is 1.11. The second-order valence-corrected chi connectivity index (χ2v) is 5.78. The Morgan fingerprint density at radius 2 is 2.06 bits per heavy atom. The van der Waals surface area contributed by atoms with Crippen molar-refractivity contribution in [1.82, 2.24) is 0 Å². The third kappa shape index (κ3) is 1.91. The molecule has 4 nitrogen and oxygen atoms in total. The van der Waals surface area contributed by atoms with Gasteiger partial charge in [0.1, 0.15) is 0 Å². The quantitative estimate of drug-likeness (QED) is 0.748. The molecule has 3 fully saturated rings. The van der Waals surface area contributed by atoms with Gasteiger partial charge < -0.3 is 19.3 Å². The van der Waals surface area contributed by atoms with Crippen LogP contribution in [0.4, 0.5) is 0 Å². The summed E-state index contributed by atoms with van der Waals surface area (Å²) < 4.78 is 16.9. The highest BCUT2D eigenvalue weighted by Crippen LogP contribution is 2.44. The number of hydrogen-bond donors (Lipinski definition) is 1. The molecule has 17 heavy (non-hydrogen) atoms. The van der Waals surface area contributed by atoms with Crippen molar-refractivity contribution in [2.75, 3.05) is 26.4 Å². The molecule has 0 aliphatic carbocycles. The second kappa shape index (κ2) is 4.19. The van der Waals surface area contributed by atoms with Crippen molar-refractivity contribution in [3.05, 3.63) is 0 Å². The zero-order valence-electron chi connectivity index (χ0n) is 10.5. The number of hydrogen-bond acceptors (Lipinski definition) is 4. The first-order valence-electron chi connectivity index (χ1n) is 6.70. The summed E-state index contributed by atoms with van der Waals surface area (Å²) in [4.78, 5) is 0. The van der Waals surface area contributed by atoms with Crippen LogP contribution in [0.15, 0.2) is 0 Å². The molecule has 0 radical (unpaired) electrons. The number of aliphatic hydroxyl groups is 1. The van der Waals surface area contributed by atoms with Crippen molar-refractivity contribution in [3.8, 4) is 0 Å². The third-order valence-electron chi connectivity index (χ3n) is 4.84. The molecule has 4 unspecified atom stereocenters. The fraction of sp³-hybridized carbons (Fsp3) is 1.00. The summed E-state index contributed by atoms with van der Waals surface area (Å²) in [6.07, 6.45) is 3.53. The van der Waals surface area contributed by atoms with Gasteiger partial charge in [0.2, 0.25) is 0 Å². The van der Waals surface area contributed by atoms with Crippen LogP contribution in [0.1, 0.15) is 32.6 Å². The van der Waals surface area contributed by atoms with Crippen molar-refractivity contribution in [1.29, 1.82) is 0 Å². The zero-order chi connectivity index (χ0) is 11.9. The van der Waals surface area contributed by atoms with Crippen LogP contribution in [0, 0.1) is 5.92 Å². The normalized spacial score (nSPS) is 51.2. The summed E-state index contributed by atoms with van der Waals surface area (Å²) in [6, 6.07) is 0. The highest BCUT2D eigenvalue weighted by Gasteiger charge is 2.51. The molecular weight excluding hydrogens is 220 g/mol. The first kappa shape index (κ1) is 11.9. The molecule has 0 aromatic rings. The van der Waals surface area contributed by atoms with Crippen molar-refractivity contribution in [2.24, 2.45) is 5.92 Å². The highest BCUT2D eigenvalue weighted by atomic mass is 16.6. The molecule has 4 atom stereocenters. The molecule has 0 amide bonds. The van der Waals surface area contributed by atoms with E-state index in [1.165, 1.54) is 0 Å². The van der Waals surface area contributed by atoms with E-state index in [4.69, 9.17) is 14.2 Å². The molecule has 1 N–H and O–H groups in total.